The molecule has 0 aromatic rings. The second kappa shape index (κ2) is 5.89. The number of rotatable bonds is 3. The van der Waals surface area contributed by atoms with Crippen LogP contribution in [0.15, 0.2) is 0 Å². The van der Waals surface area contributed by atoms with E-state index in [1.807, 2.05) is 0 Å². The Hall–Kier alpha value is -0.120. The van der Waals surface area contributed by atoms with Gasteiger partial charge in [0, 0.05) is 19.1 Å². The van der Waals surface area contributed by atoms with Gasteiger partial charge in [-0.05, 0) is 65.1 Å². The van der Waals surface area contributed by atoms with Gasteiger partial charge in [0.25, 0.3) is 0 Å². The third-order valence-corrected chi connectivity index (χ3v) is 4.93. The third-order valence-electron chi connectivity index (χ3n) is 4.93. The van der Waals surface area contributed by atoms with Crippen LogP contribution in [0.25, 0.3) is 0 Å². The summed E-state index contributed by atoms with van der Waals surface area (Å²) in [6, 6.07) is 0.671. The molecule has 2 rings (SSSR count). The maximum atomic E-state index is 10.7. The molecule has 18 heavy (non-hydrogen) atoms. The highest BCUT2D eigenvalue weighted by atomic mass is 16.3. The molecule has 1 heterocycles. The largest absolute Gasteiger partial charge is 0.389 e. The van der Waals surface area contributed by atoms with E-state index in [-0.39, 0.29) is 0 Å². The first-order valence-corrected chi connectivity index (χ1v) is 7.60. The van der Waals surface area contributed by atoms with Crippen LogP contribution in [0, 0.1) is 5.92 Å². The molecule has 1 saturated heterocycles. The van der Waals surface area contributed by atoms with Gasteiger partial charge < -0.3 is 10.0 Å². The van der Waals surface area contributed by atoms with Gasteiger partial charge >= 0.3 is 0 Å². The zero-order valence-corrected chi connectivity index (χ0v) is 12.4. The summed E-state index contributed by atoms with van der Waals surface area (Å²) in [5.41, 5.74) is -0.402. The smallest absolute Gasteiger partial charge is 0.0774 e. The van der Waals surface area contributed by atoms with Crippen molar-refractivity contribution in [2.24, 2.45) is 5.92 Å². The minimum Gasteiger partial charge on any atom is -0.389 e. The first-order chi connectivity index (χ1) is 8.48. The van der Waals surface area contributed by atoms with E-state index in [9.17, 15) is 5.11 Å². The Morgan fingerprint density at radius 3 is 2.50 bits per heavy atom. The first kappa shape index (κ1) is 14.3. The quantitative estimate of drug-likeness (QED) is 0.834. The normalized spacial score (nSPS) is 39.2. The molecule has 0 aromatic carbocycles. The predicted octanol–water partition coefficient (Wildman–Crippen LogP) is 1.95. The zero-order chi connectivity index (χ0) is 13.2. The van der Waals surface area contributed by atoms with E-state index in [1.54, 1.807) is 0 Å². The summed E-state index contributed by atoms with van der Waals surface area (Å²) in [6.45, 7) is 5.50. The Morgan fingerprint density at radius 2 is 1.89 bits per heavy atom. The first-order valence-electron chi connectivity index (χ1n) is 7.60. The molecule has 106 valence electrons. The highest BCUT2D eigenvalue weighted by molar-refractivity contribution is 4.89. The Morgan fingerprint density at radius 1 is 1.22 bits per heavy atom. The van der Waals surface area contributed by atoms with Gasteiger partial charge in [-0.15, -0.1) is 0 Å². The molecular weight excluding hydrogens is 224 g/mol. The molecule has 0 radical (unpaired) electrons. The Bertz CT molecular complexity index is 259. The molecule has 1 unspecified atom stereocenters. The molecule has 0 bridgehead atoms. The lowest BCUT2D eigenvalue weighted by molar-refractivity contribution is -0.0438. The SMILES string of the molecule is CC1CCC(O)(CN2CCCC(N(C)C)C2)CC1. The molecule has 0 spiro atoms. The molecule has 0 amide bonds. The minimum absolute atomic E-state index is 0.402. The molecule has 1 aliphatic heterocycles. The van der Waals surface area contributed by atoms with E-state index < -0.39 is 5.60 Å². The van der Waals surface area contributed by atoms with Crippen molar-refractivity contribution < 1.29 is 5.11 Å². The van der Waals surface area contributed by atoms with Gasteiger partial charge in [0.05, 0.1) is 5.60 Å². The van der Waals surface area contributed by atoms with E-state index in [2.05, 4.69) is 30.8 Å². The molecular formula is C15H30N2O. The highest BCUT2D eigenvalue weighted by Crippen LogP contribution is 2.33. The van der Waals surface area contributed by atoms with Crippen LogP contribution in [0.3, 0.4) is 0 Å². The molecule has 1 aliphatic carbocycles. The van der Waals surface area contributed by atoms with Crippen molar-refractivity contribution in [3.63, 3.8) is 0 Å². The summed E-state index contributed by atoms with van der Waals surface area (Å²) in [7, 11) is 4.34. The standard InChI is InChI=1S/C15H30N2O/c1-13-6-8-15(18,9-7-13)12-17-10-4-5-14(11-17)16(2)3/h13-14,18H,4-12H2,1-3H3. The van der Waals surface area contributed by atoms with Crippen LogP contribution in [-0.2, 0) is 0 Å². The summed E-state index contributed by atoms with van der Waals surface area (Å²) in [6.07, 6.45) is 6.96. The van der Waals surface area contributed by atoms with Gasteiger partial charge in [0.1, 0.15) is 0 Å². The van der Waals surface area contributed by atoms with Crippen LogP contribution < -0.4 is 0 Å². The molecule has 1 saturated carbocycles. The van der Waals surface area contributed by atoms with Gasteiger partial charge in [0.15, 0.2) is 0 Å². The topological polar surface area (TPSA) is 26.7 Å². The minimum atomic E-state index is -0.402. The van der Waals surface area contributed by atoms with E-state index in [0.29, 0.717) is 6.04 Å². The average Bonchev–Trinajstić information content (AvgIpc) is 2.33. The lowest BCUT2D eigenvalue weighted by Crippen LogP contribution is -2.51. The number of aliphatic hydroxyl groups is 1. The summed E-state index contributed by atoms with van der Waals surface area (Å²) in [4.78, 5) is 4.82. The van der Waals surface area contributed by atoms with E-state index in [4.69, 9.17) is 0 Å². The zero-order valence-electron chi connectivity index (χ0n) is 12.4. The summed E-state index contributed by atoms with van der Waals surface area (Å²) in [5, 5.41) is 10.7. The lowest BCUT2D eigenvalue weighted by atomic mass is 9.79. The number of β-amino-alcohol motifs (C(OH)–C–C–N with tert-alkyl or cyclic N) is 1. The monoisotopic (exact) mass is 254 g/mol. The highest BCUT2D eigenvalue weighted by Gasteiger charge is 2.35. The fraction of sp³-hybridized carbons (Fsp3) is 1.00. The number of piperidine rings is 1. The molecule has 3 nitrogen and oxygen atoms in total. The molecule has 3 heteroatoms. The van der Waals surface area contributed by atoms with Crippen LogP contribution in [0.4, 0.5) is 0 Å². The third kappa shape index (κ3) is 3.69. The number of hydrogen-bond acceptors (Lipinski definition) is 3. The number of hydrogen-bond donors (Lipinski definition) is 1. The molecule has 1 atom stereocenters. The van der Waals surface area contributed by atoms with Crippen LogP contribution in [-0.4, -0.2) is 60.3 Å². The Labute approximate surface area is 112 Å². The summed E-state index contributed by atoms with van der Waals surface area (Å²) in [5.74, 6) is 0.807. The second-order valence-corrected chi connectivity index (χ2v) is 6.90. The van der Waals surface area contributed by atoms with Crippen molar-refractivity contribution in [3.05, 3.63) is 0 Å². The van der Waals surface area contributed by atoms with Crippen molar-refractivity contribution in [2.75, 3.05) is 33.7 Å². The molecule has 0 aromatic heterocycles. The summed E-state index contributed by atoms with van der Waals surface area (Å²) >= 11 is 0. The number of likely N-dealkylation sites (N-methyl/N-ethyl adjacent to an activating group) is 1. The van der Waals surface area contributed by atoms with Crippen molar-refractivity contribution in [1.29, 1.82) is 0 Å². The van der Waals surface area contributed by atoms with Gasteiger partial charge in [-0.3, -0.25) is 4.90 Å². The average molecular weight is 254 g/mol. The maximum Gasteiger partial charge on any atom is 0.0774 e. The van der Waals surface area contributed by atoms with Crippen molar-refractivity contribution in [2.45, 2.75) is 57.1 Å². The Balaban J connectivity index is 1.85. The fourth-order valence-corrected chi connectivity index (χ4v) is 3.47. The van der Waals surface area contributed by atoms with Crippen LogP contribution in [0.2, 0.25) is 0 Å². The Kier molecular flexibility index (Phi) is 4.68. The fourth-order valence-electron chi connectivity index (χ4n) is 3.47. The number of likely N-dealkylation sites (tertiary alicyclic amines) is 1. The van der Waals surface area contributed by atoms with Crippen LogP contribution >= 0.6 is 0 Å². The van der Waals surface area contributed by atoms with Crippen LogP contribution in [0.1, 0.15) is 45.4 Å². The van der Waals surface area contributed by atoms with Crippen LogP contribution in [0.5, 0.6) is 0 Å². The predicted molar refractivity (Wildman–Crippen MR) is 75.7 cm³/mol. The molecule has 1 N–H and O–H groups in total. The van der Waals surface area contributed by atoms with Crippen molar-refractivity contribution in [1.82, 2.24) is 9.80 Å². The van der Waals surface area contributed by atoms with Gasteiger partial charge in [-0.1, -0.05) is 6.92 Å². The lowest BCUT2D eigenvalue weighted by Gasteiger charge is -2.42. The van der Waals surface area contributed by atoms with Gasteiger partial charge in [0.2, 0.25) is 0 Å². The maximum absolute atomic E-state index is 10.7. The molecule has 2 fully saturated rings. The van der Waals surface area contributed by atoms with Crippen molar-refractivity contribution >= 4 is 0 Å². The van der Waals surface area contributed by atoms with Crippen molar-refractivity contribution in [3.8, 4) is 0 Å². The second-order valence-electron chi connectivity index (χ2n) is 6.90. The number of nitrogens with zero attached hydrogens (tertiary/aromatic N) is 2. The van der Waals surface area contributed by atoms with E-state index in [1.165, 1.54) is 32.2 Å². The van der Waals surface area contributed by atoms with Gasteiger partial charge in [-0.25, -0.2) is 0 Å². The van der Waals surface area contributed by atoms with Gasteiger partial charge in [-0.2, -0.15) is 0 Å². The molecule has 2 aliphatic rings. The van der Waals surface area contributed by atoms with E-state index >= 15 is 0 Å². The van der Waals surface area contributed by atoms with E-state index in [0.717, 1.165) is 31.8 Å². The summed E-state index contributed by atoms with van der Waals surface area (Å²) < 4.78 is 0.